The van der Waals surface area contributed by atoms with Gasteiger partial charge in [0.25, 0.3) is 0 Å². The zero-order valence-corrected chi connectivity index (χ0v) is 17.3. The molecule has 0 spiro atoms. The van der Waals surface area contributed by atoms with Gasteiger partial charge in [-0.15, -0.1) is 0 Å². The van der Waals surface area contributed by atoms with Crippen LogP contribution in [0.4, 0.5) is 0 Å². The highest BCUT2D eigenvalue weighted by Gasteiger charge is 2.58. The van der Waals surface area contributed by atoms with Crippen LogP contribution in [0.15, 0.2) is 103 Å². The van der Waals surface area contributed by atoms with Gasteiger partial charge in [0.1, 0.15) is 30.0 Å². The molecule has 7 heteroatoms. The molecule has 4 aromatic rings. The molecular formula is C25H20N4O3. The fraction of sp³-hybridized carbons (Fsp3) is 0.120. The van der Waals surface area contributed by atoms with E-state index in [1.165, 1.54) is 17.3 Å². The molecule has 2 unspecified atom stereocenters. The lowest BCUT2D eigenvalue weighted by Crippen LogP contribution is -2.48. The highest BCUT2D eigenvalue weighted by molar-refractivity contribution is 6.13. The molecule has 158 valence electrons. The van der Waals surface area contributed by atoms with E-state index in [1.54, 1.807) is 19.2 Å². The summed E-state index contributed by atoms with van der Waals surface area (Å²) in [5.74, 6) is -0.129. The molecule has 2 atom stereocenters. The van der Waals surface area contributed by atoms with Crippen molar-refractivity contribution in [2.24, 2.45) is 5.16 Å². The van der Waals surface area contributed by atoms with Crippen LogP contribution in [0.25, 0.3) is 0 Å². The number of carbonyl (C=O) groups excluding carboxylic acids is 1. The van der Waals surface area contributed by atoms with E-state index < -0.39 is 11.6 Å². The molecule has 1 aromatic heterocycles. The van der Waals surface area contributed by atoms with E-state index in [0.717, 1.165) is 11.1 Å². The lowest BCUT2D eigenvalue weighted by Gasteiger charge is -2.32. The highest BCUT2D eigenvalue weighted by Crippen LogP contribution is 2.45. The summed E-state index contributed by atoms with van der Waals surface area (Å²) in [6.07, 6.45) is 2.87. The highest BCUT2D eigenvalue weighted by atomic mass is 16.7. The summed E-state index contributed by atoms with van der Waals surface area (Å²) in [7, 11) is 1.61. The number of ether oxygens (including phenoxy) is 1. The standard InChI is InChI=1S/C25H20N4O3/c1-31-21-14-12-18(13-15-21)22-23(19-8-4-2-5-9-19)28-32-25(22,29-17-26-16-27-29)24(30)20-10-6-3-7-11-20/h2-17,22H,1H3. The maximum atomic E-state index is 14.0. The van der Waals surface area contributed by atoms with Gasteiger partial charge in [-0.3, -0.25) is 4.79 Å². The van der Waals surface area contributed by atoms with E-state index in [0.29, 0.717) is 17.0 Å². The number of Topliss-reactive ketones (excluding diaryl/α,β-unsaturated/α-hetero) is 1. The first kappa shape index (κ1) is 19.7. The monoisotopic (exact) mass is 424 g/mol. The van der Waals surface area contributed by atoms with Crippen molar-refractivity contribution in [1.82, 2.24) is 14.8 Å². The predicted molar refractivity (Wildman–Crippen MR) is 119 cm³/mol. The number of ketones is 1. The van der Waals surface area contributed by atoms with E-state index in [9.17, 15) is 4.79 Å². The molecule has 32 heavy (non-hydrogen) atoms. The Morgan fingerprint density at radius 2 is 1.66 bits per heavy atom. The van der Waals surface area contributed by atoms with E-state index in [-0.39, 0.29) is 5.78 Å². The van der Waals surface area contributed by atoms with Gasteiger partial charge in [-0.05, 0) is 17.7 Å². The van der Waals surface area contributed by atoms with Gasteiger partial charge in [-0.25, -0.2) is 9.67 Å². The van der Waals surface area contributed by atoms with Crippen LogP contribution in [0.2, 0.25) is 0 Å². The summed E-state index contributed by atoms with van der Waals surface area (Å²) >= 11 is 0. The number of rotatable bonds is 6. The van der Waals surface area contributed by atoms with Gasteiger partial charge in [-0.2, -0.15) is 5.10 Å². The summed E-state index contributed by atoms with van der Waals surface area (Å²) in [5.41, 5.74) is 1.25. The van der Waals surface area contributed by atoms with Gasteiger partial charge in [0, 0.05) is 11.1 Å². The van der Waals surface area contributed by atoms with E-state index >= 15 is 0 Å². The second-order valence-corrected chi connectivity index (χ2v) is 7.37. The SMILES string of the molecule is COc1ccc(C2C(c3ccccc3)=NOC2(C(=O)c2ccccc2)n2cncn2)cc1. The van der Waals surface area contributed by atoms with Crippen molar-refractivity contribution >= 4 is 11.5 Å². The van der Waals surface area contributed by atoms with Crippen molar-refractivity contribution < 1.29 is 14.4 Å². The number of carbonyl (C=O) groups is 1. The van der Waals surface area contributed by atoms with Crippen LogP contribution < -0.4 is 4.74 Å². The van der Waals surface area contributed by atoms with E-state index in [2.05, 4.69) is 15.2 Å². The maximum Gasteiger partial charge on any atom is 0.305 e. The molecule has 2 heterocycles. The molecule has 0 radical (unpaired) electrons. The van der Waals surface area contributed by atoms with Crippen molar-refractivity contribution in [3.8, 4) is 5.75 Å². The van der Waals surface area contributed by atoms with Crippen LogP contribution in [0, 0.1) is 0 Å². The average Bonchev–Trinajstić information content (AvgIpc) is 3.54. The minimum Gasteiger partial charge on any atom is -0.497 e. The molecule has 0 fully saturated rings. The molecule has 7 nitrogen and oxygen atoms in total. The molecule has 5 rings (SSSR count). The molecule has 0 bridgehead atoms. The maximum absolute atomic E-state index is 14.0. The fourth-order valence-electron chi connectivity index (χ4n) is 4.04. The van der Waals surface area contributed by atoms with Crippen LogP contribution >= 0.6 is 0 Å². The van der Waals surface area contributed by atoms with Crippen LogP contribution in [0.5, 0.6) is 5.75 Å². The first-order chi connectivity index (χ1) is 15.7. The number of hydrogen-bond acceptors (Lipinski definition) is 6. The summed E-state index contributed by atoms with van der Waals surface area (Å²) in [5, 5.41) is 8.75. The molecule has 1 aliphatic rings. The number of methoxy groups -OCH3 is 1. The first-order valence-corrected chi connectivity index (χ1v) is 10.1. The van der Waals surface area contributed by atoms with Crippen molar-refractivity contribution in [3.05, 3.63) is 114 Å². The van der Waals surface area contributed by atoms with Gasteiger partial charge in [0.2, 0.25) is 5.78 Å². The Balaban J connectivity index is 1.73. The fourth-order valence-corrected chi connectivity index (χ4v) is 4.04. The van der Waals surface area contributed by atoms with Crippen LogP contribution in [-0.4, -0.2) is 33.4 Å². The third-order valence-corrected chi connectivity index (χ3v) is 5.59. The number of hydrogen-bond donors (Lipinski definition) is 0. The Morgan fingerprint density at radius 3 is 2.28 bits per heavy atom. The molecular weight excluding hydrogens is 404 g/mol. The minimum atomic E-state index is -1.57. The van der Waals surface area contributed by atoms with Crippen LogP contribution in [0.1, 0.15) is 27.4 Å². The second kappa shape index (κ2) is 8.11. The lowest BCUT2D eigenvalue weighted by molar-refractivity contribution is -0.0711. The summed E-state index contributed by atoms with van der Waals surface area (Å²) < 4.78 is 6.78. The number of nitrogens with zero attached hydrogens (tertiary/aromatic N) is 4. The largest absolute Gasteiger partial charge is 0.497 e. The van der Waals surface area contributed by atoms with E-state index in [4.69, 9.17) is 9.57 Å². The molecule has 0 N–H and O–H groups in total. The van der Waals surface area contributed by atoms with E-state index in [1.807, 2.05) is 72.8 Å². The third kappa shape index (κ3) is 3.15. The molecule has 0 aliphatic carbocycles. The normalized spacial score (nSPS) is 19.8. The lowest BCUT2D eigenvalue weighted by atomic mass is 9.78. The third-order valence-electron chi connectivity index (χ3n) is 5.59. The predicted octanol–water partition coefficient (Wildman–Crippen LogP) is 4.04. The Labute approximate surface area is 184 Å². The molecule has 0 saturated heterocycles. The van der Waals surface area contributed by atoms with Crippen LogP contribution in [0.3, 0.4) is 0 Å². The topological polar surface area (TPSA) is 78.6 Å². The van der Waals surface area contributed by atoms with Crippen molar-refractivity contribution in [3.63, 3.8) is 0 Å². The molecule has 0 saturated carbocycles. The van der Waals surface area contributed by atoms with Gasteiger partial charge < -0.3 is 9.57 Å². The zero-order valence-electron chi connectivity index (χ0n) is 17.3. The zero-order chi connectivity index (χ0) is 22.0. The van der Waals surface area contributed by atoms with Crippen molar-refractivity contribution in [1.29, 1.82) is 0 Å². The first-order valence-electron chi connectivity index (χ1n) is 10.1. The Hall–Kier alpha value is -4.26. The molecule has 3 aromatic carbocycles. The summed E-state index contributed by atoms with van der Waals surface area (Å²) in [4.78, 5) is 24.2. The minimum absolute atomic E-state index is 0.265. The quantitative estimate of drug-likeness (QED) is 0.437. The number of oxime groups is 1. The molecule has 0 amide bonds. The van der Waals surface area contributed by atoms with Crippen molar-refractivity contribution in [2.45, 2.75) is 11.6 Å². The Bertz CT molecular complexity index is 1240. The van der Waals surface area contributed by atoms with Gasteiger partial charge >= 0.3 is 5.72 Å². The number of aromatic nitrogens is 3. The number of benzene rings is 3. The van der Waals surface area contributed by atoms with Crippen molar-refractivity contribution in [2.75, 3.05) is 7.11 Å². The van der Waals surface area contributed by atoms with Crippen LogP contribution in [-0.2, 0) is 10.6 Å². The summed E-state index contributed by atoms with van der Waals surface area (Å²) in [6.45, 7) is 0. The smallest absolute Gasteiger partial charge is 0.305 e. The second-order valence-electron chi connectivity index (χ2n) is 7.37. The van der Waals surface area contributed by atoms with Gasteiger partial charge in [0.15, 0.2) is 0 Å². The Morgan fingerprint density at radius 1 is 0.969 bits per heavy atom. The average molecular weight is 424 g/mol. The summed E-state index contributed by atoms with van der Waals surface area (Å²) in [6, 6.07) is 26.2. The molecule has 1 aliphatic heterocycles. The van der Waals surface area contributed by atoms with Gasteiger partial charge in [-0.1, -0.05) is 78.0 Å². The van der Waals surface area contributed by atoms with Gasteiger partial charge in [0.05, 0.1) is 7.11 Å². The Kier molecular flexibility index (Phi) is 4.99.